The molecule has 0 aliphatic rings. The number of hydrogen-bond donors (Lipinski definition) is 2. The molecule has 0 aromatic heterocycles. The Balaban J connectivity index is -0.0000000250. The van der Waals surface area contributed by atoms with Crippen molar-refractivity contribution in [2.24, 2.45) is 0 Å². The summed E-state index contributed by atoms with van der Waals surface area (Å²) in [4.78, 5) is 60.0. The number of carboxylic acid groups (broad SMARTS) is 6. The molecule has 0 aliphatic carbocycles. The third kappa shape index (κ3) is 36.4. The monoisotopic (exact) mass is 624 g/mol. The van der Waals surface area contributed by atoms with E-state index in [0.717, 1.165) is 0 Å². The number of aliphatic hydroxyl groups is 2. The van der Waals surface area contributed by atoms with E-state index in [-0.39, 0.29) is 152 Å². The third-order valence-electron chi connectivity index (χ3n) is 2.51. The van der Waals surface area contributed by atoms with Crippen LogP contribution in [0, 0.1) is 0 Å². The molecular formula is C12H24Ca3O21. The smallest absolute Gasteiger partial charge is 0.550 e. The summed E-state index contributed by atoms with van der Waals surface area (Å²) in [5.74, 6) is -12.0. The zero-order chi connectivity index (χ0) is 21.3. The Labute approximate surface area is 290 Å². The summed E-state index contributed by atoms with van der Waals surface area (Å²) in [5, 5.41) is 77.9. The topological polar surface area (TPSA) is 502 Å². The van der Waals surface area contributed by atoms with Crippen LogP contribution in [0.25, 0.3) is 0 Å². The molecule has 0 saturated carbocycles. The van der Waals surface area contributed by atoms with Gasteiger partial charge in [-0.3, -0.25) is 0 Å². The van der Waals surface area contributed by atoms with E-state index in [1.807, 2.05) is 0 Å². The number of aliphatic carboxylic acids is 6. The van der Waals surface area contributed by atoms with Gasteiger partial charge in [-0.2, -0.15) is 0 Å². The first-order valence-corrected chi connectivity index (χ1v) is 6.23. The Morgan fingerprint density at radius 1 is 0.417 bits per heavy atom. The fourth-order valence-electron chi connectivity index (χ4n) is 1.37. The molecule has 0 bridgehead atoms. The molecule has 21 nitrogen and oxygen atoms in total. The second kappa shape index (κ2) is 35.2. The number of hydrogen-bond acceptors (Lipinski definition) is 14. The second-order valence-electron chi connectivity index (χ2n) is 4.83. The van der Waals surface area contributed by atoms with Gasteiger partial charge in [0.05, 0.1) is 11.9 Å². The Morgan fingerprint density at radius 3 is 0.583 bits per heavy atom. The zero-order valence-electron chi connectivity index (χ0n) is 18.2. The van der Waals surface area contributed by atoms with Crippen LogP contribution in [0.2, 0.25) is 0 Å². The number of carboxylic acids is 6. The summed E-state index contributed by atoms with van der Waals surface area (Å²) in [5.41, 5.74) is -5.95. The average Bonchev–Trinajstić information content (AvgIpc) is 2.34. The van der Waals surface area contributed by atoms with Gasteiger partial charge >= 0.3 is 113 Å². The Kier molecular flexibility index (Phi) is 75.0. The van der Waals surface area contributed by atoms with Crippen molar-refractivity contribution in [1.29, 1.82) is 0 Å². The molecule has 0 atom stereocenters. The normalized spacial score (nSPS) is 7.83. The molecule has 16 N–H and O–H groups in total. The predicted octanol–water partition coefficient (Wildman–Crippen LogP) is -17.4. The number of rotatable bonds is 10. The molecule has 0 fully saturated rings. The minimum Gasteiger partial charge on any atom is -0.550 e. The summed E-state index contributed by atoms with van der Waals surface area (Å²) in [7, 11) is 0. The van der Waals surface area contributed by atoms with Crippen molar-refractivity contribution in [3.8, 4) is 0 Å². The maximum absolute atomic E-state index is 10.1. The first-order valence-electron chi connectivity index (χ1n) is 6.23. The van der Waals surface area contributed by atoms with Crippen LogP contribution in [0.3, 0.4) is 0 Å². The number of carbonyl (C=O) groups is 6. The van der Waals surface area contributed by atoms with E-state index in [9.17, 15) is 59.4 Å². The fraction of sp³-hybridized carbons (Fsp3) is 0.500. The molecule has 0 unspecified atom stereocenters. The first-order chi connectivity index (χ1) is 11.6. The van der Waals surface area contributed by atoms with Crippen molar-refractivity contribution in [1.82, 2.24) is 0 Å². The van der Waals surface area contributed by atoms with E-state index in [0.29, 0.717) is 0 Å². The molecule has 36 heavy (non-hydrogen) atoms. The van der Waals surface area contributed by atoms with Crippen molar-refractivity contribution in [2.45, 2.75) is 36.9 Å². The van der Waals surface area contributed by atoms with E-state index in [1.165, 1.54) is 0 Å². The Morgan fingerprint density at radius 2 is 0.528 bits per heavy atom. The van der Waals surface area contributed by atoms with Crippen LogP contribution in [0.5, 0.6) is 0 Å². The van der Waals surface area contributed by atoms with E-state index in [1.54, 1.807) is 0 Å². The summed E-state index contributed by atoms with van der Waals surface area (Å²) in [6.45, 7) is 0. The van der Waals surface area contributed by atoms with Crippen molar-refractivity contribution >= 4 is 149 Å². The zero-order valence-corrected chi connectivity index (χ0v) is 24.9. The summed E-state index contributed by atoms with van der Waals surface area (Å²) in [6.07, 6.45) is -5.43. The van der Waals surface area contributed by atoms with Gasteiger partial charge in [0.15, 0.2) is 0 Å². The van der Waals surface area contributed by atoms with Crippen LogP contribution in [0.15, 0.2) is 0 Å². The molecule has 0 spiro atoms. The molecule has 0 saturated heterocycles. The summed E-state index contributed by atoms with van der Waals surface area (Å²) >= 11 is 0. The standard InChI is InChI=1S/2C6H8O7.3Ca.7H2O/c2*7-3(8)1-6(13,5(11)12)2-4(9)10;;;;;;;;;;/h2*13H,1-2H2,(H,7,8)(H,9,10)(H,11,12);;;;7*1H2/q;;3*+2;;;;;;;/p-6. The fourth-order valence-corrected chi connectivity index (χ4v) is 1.37. The molecule has 0 rings (SSSR count). The SMILES string of the molecule is O.O.O.O.O.O.O.O=C([O-])CC(O)(CC(=O)[O-])C(=O)[O-].O=C([O-])CC(O)(CC(=O)[O-])C(=O)[O-].[Ca+2].[Ca+2].[Ca+2]. The van der Waals surface area contributed by atoms with Gasteiger partial charge in [0.1, 0.15) is 11.2 Å². The first kappa shape index (κ1) is 76.6. The van der Waals surface area contributed by atoms with Gasteiger partial charge in [-0.05, 0) is 0 Å². The largest absolute Gasteiger partial charge is 2.00 e. The van der Waals surface area contributed by atoms with Gasteiger partial charge in [0.2, 0.25) is 0 Å². The Bertz CT molecular complexity index is 527. The molecule has 0 aromatic rings. The minimum atomic E-state index is -2.97. The van der Waals surface area contributed by atoms with E-state index >= 15 is 0 Å². The van der Waals surface area contributed by atoms with Crippen LogP contribution in [-0.2, 0) is 28.8 Å². The van der Waals surface area contributed by atoms with Crippen LogP contribution < -0.4 is 30.6 Å². The van der Waals surface area contributed by atoms with Crippen LogP contribution >= 0.6 is 0 Å². The molecule has 0 amide bonds. The van der Waals surface area contributed by atoms with Crippen LogP contribution in [0.4, 0.5) is 0 Å². The van der Waals surface area contributed by atoms with E-state index in [4.69, 9.17) is 10.2 Å². The van der Waals surface area contributed by atoms with Gasteiger partial charge in [-0.1, -0.05) is 0 Å². The summed E-state index contributed by atoms with van der Waals surface area (Å²) < 4.78 is 0. The molecule has 0 heterocycles. The molecule has 0 radical (unpaired) electrons. The Hall–Kier alpha value is 0.239. The van der Waals surface area contributed by atoms with E-state index < -0.39 is 72.7 Å². The average molecular weight is 625 g/mol. The summed E-state index contributed by atoms with van der Waals surface area (Å²) in [6, 6.07) is 0. The third-order valence-corrected chi connectivity index (χ3v) is 2.51. The van der Waals surface area contributed by atoms with E-state index in [2.05, 4.69) is 0 Å². The van der Waals surface area contributed by atoms with Gasteiger partial charge in [-0.25, -0.2) is 0 Å². The maximum Gasteiger partial charge on any atom is 2.00 e. The van der Waals surface area contributed by atoms with Crippen molar-refractivity contribution in [3.63, 3.8) is 0 Å². The van der Waals surface area contributed by atoms with Crippen molar-refractivity contribution in [2.75, 3.05) is 0 Å². The van der Waals surface area contributed by atoms with Crippen molar-refractivity contribution in [3.05, 3.63) is 0 Å². The molecule has 204 valence electrons. The molecular weight excluding hydrogens is 600 g/mol. The quantitative estimate of drug-likeness (QED) is 0.213. The minimum absolute atomic E-state index is 0. The second-order valence-corrected chi connectivity index (χ2v) is 4.83. The van der Waals surface area contributed by atoms with Gasteiger partial charge < -0.3 is 108 Å². The molecule has 0 aliphatic heterocycles. The number of carbonyl (C=O) groups excluding carboxylic acids is 6. The maximum atomic E-state index is 10.1. The van der Waals surface area contributed by atoms with Gasteiger partial charge in [-0.15, -0.1) is 0 Å². The van der Waals surface area contributed by atoms with Gasteiger partial charge in [0.25, 0.3) is 0 Å². The molecule has 24 heteroatoms. The van der Waals surface area contributed by atoms with Crippen LogP contribution in [0.1, 0.15) is 25.7 Å². The van der Waals surface area contributed by atoms with Crippen LogP contribution in [-0.4, -0.2) is 209 Å². The van der Waals surface area contributed by atoms with Gasteiger partial charge in [0, 0.05) is 49.6 Å². The van der Waals surface area contributed by atoms with Crippen molar-refractivity contribution < 1.29 is 108 Å². The molecule has 0 aromatic carbocycles. The predicted molar refractivity (Wildman–Crippen MR) is 101 cm³/mol.